The van der Waals surface area contributed by atoms with Gasteiger partial charge in [0.25, 0.3) is 0 Å². The molecule has 0 unspecified atom stereocenters. The zero-order valence-electron chi connectivity index (χ0n) is 8.38. The van der Waals surface area contributed by atoms with Gasteiger partial charge in [0.15, 0.2) is 0 Å². The molecule has 2 nitrogen and oxygen atoms in total. The Kier molecular flexibility index (Phi) is 3.65. The SMILES string of the molecule is COc1ccc(C)c(F)c1/C=C/CN. The molecular weight excluding hydrogens is 181 g/mol. The van der Waals surface area contributed by atoms with Gasteiger partial charge in [0.05, 0.1) is 12.7 Å². The molecule has 1 rings (SSSR count). The molecule has 0 atom stereocenters. The lowest BCUT2D eigenvalue weighted by Gasteiger charge is -2.07. The van der Waals surface area contributed by atoms with Gasteiger partial charge < -0.3 is 10.5 Å². The van der Waals surface area contributed by atoms with Crippen LogP contribution in [-0.4, -0.2) is 13.7 Å². The molecule has 0 aromatic heterocycles. The number of ether oxygens (including phenoxy) is 1. The highest BCUT2D eigenvalue weighted by Crippen LogP contribution is 2.25. The molecule has 14 heavy (non-hydrogen) atoms. The van der Waals surface area contributed by atoms with E-state index in [1.165, 1.54) is 7.11 Å². The Balaban J connectivity index is 3.21. The molecule has 0 radical (unpaired) electrons. The molecule has 0 aliphatic heterocycles. The van der Waals surface area contributed by atoms with E-state index in [4.69, 9.17) is 10.5 Å². The van der Waals surface area contributed by atoms with Gasteiger partial charge in [0.2, 0.25) is 0 Å². The summed E-state index contributed by atoms with van der Waals surface area (Å²) in [6.45, 7) is 2.10. The van der Waals surface area contributed by atoms with E-state index < -0.39 is 0 Å². The summed E-state index contributed by atoms with van der Waals surface area (Å²) >= 11 is 0. The van der Waals surface area contributed by atoms with Crippen molar-refractivity contribution in [3.05, 3.63) is 35.2 Å². The third kappa shape index (κ3) is 2.12. The molecule has 0 aliphatic carbocycles. The zero-order valence-corrected chi connectivity index (χ0v) is 8.38. The number of hydrogen-bond acceptors (Lipinski definition) is 2. The van der Waals surface area contributed by atoms with Crippen molar-refractivity contribution in [2.24, 2.45) is 5.73 Å². The molecule has 1 aromatic rings. The maximum Gasteiger partial charge on any atom is 0.137 e. The van der Waals surface area contributed by atoms with Gasteiger partial charge in [-0.05, 0) is 18.6 Å². The third-order valence-electron chi connectivity index (χ3n) is 1.97. The molecule has 0 heterocycles. The quantitative estimate of drug-likeness (QED) is 0.801. The average molecular weight is 195 g/mol. The third-order valence-corrected chi connectivity index (χ3v) is 1.97. The second-order valence-corrected chi connectivity index (χ2v) is 2.95. The van der Waals surface area contributed by atoms with E-state index in [-0.39, 0.29) is 5.82 Å². The second-order valence-electron chi connectivity index (χ2n) is 2.95. The number of rotatable bonds is 3. The Bertz CT molecular complexity index is 347. The lowest BCUT2D eigenvalue weighted by atomic mass is 10.1. The molecule has 0 aliphatic rings. The monoisotopic (exact) mass is 195 g/mol. The van der Waals surface area contributed by atoms with Gasteiger partial charge >= 0.3 is 0 Å². The lowest BCUT2D eigenvalue weighted by Crippen LogP contribution is -1.96. The molecule has 0 bridgehead atoms. The summed E-state index contributed by atoms with van der Waals surface area (Å²) in [6.07, 6.45) is 3.33. The van der Waals surface area contributed by atoms with Crippen molar-refractivity contribution in [2.45, 2.75) is 6.92 Å². The van der Waals surface area contributed by atoms with Gasteiger partial charge in [0, 0.05) is 6.54 Å². The van der Waals surface area contributed by atoms with Gasteiger partial charge in [-0.15, -0.1) is 0 Å². The topological polar surface area (TPSA) is 35.2 Å². The summed E-state index contributed by atoms with van der Waals surface area (Å²) in [5.41, 5.74) is 6.36. The van der Waals surface area contributed by atoms with E-state index >= 15 is 0 Å². The highest BCUT2D eigenvalue weighted by molar-refractivity contribution is 5.59. The minimum atomic E-state index is -0.256. The maximum absolute atomic E-state index is 13.6. The molecule has 1 aromatic carbocycles. The van der Waals surface area contributed by atoms with Crippen molar-refractivity contribution < 1.29 is 9.13 Å². The smallest absolute Gasteiger partial charge is 0.137 e. The molecule has 0 fully saturated rings. The molecule has 0 amide bonds. The molecule has 3 heteroatoms. The highest BCUT2D eigenvalue weighted by atomic mass is 19.1. The Hall–Kier alpha value is -1.35. The van der Waals surface area contributed by atoms with Crippen LogP contribution in [0, 0.1) is 12.7 Å². The molecule has 0 saturated heterocycles. The first-order valence-corrected chi connectivity index (χ1v) is 4.40. The number of aryl methyl sites for hydroxylation is 1. The number of benzene rings is 1. The van der Waals surface area contributed by atoms with E-state index in [1.807, 2.05) is 0 Å². The summed E-state index contributed by atoms with van der Waals surface area (Å²) in [5.74, 6) is 0.270. The average Bonchev–Trinajstić information content (AvgIpc) is 2.20. The Morgan fingerprint density at radius 1 is 1.50 bits per heavy atom. The minimum absolute atomic E-state index is 0.256. The van der Waals surface area contributed by atoms with E-state index in [9.17, 15) is 4.39 Å². The van der Waals surface area contributed by atoms with Crippen molar-refractivity contribution in [1.82, 2.24) is 0 Å². The van der Waals surface area contributed by atoms with Crippen LogP contribution in [0.15, 0.2) is 18.2 Å². The summed E-state index contributed by atoms with van der Waals surface area (Å²) in [4.78, 5) is 0. The van der Waals surface area contributed by atoms with Gasteiger partial charge in [0.1, 0.15) is 11.6 Å². The van der Waals surface area contributed by atoms with Crippen molar-refractivity contribution in [2.75, 3.05) is 13.7 Å². The van der Waals surface area contributed by atoms with E-state index in [2.05, 4.69) is 0 Å². The van der Waals surface area contributed by atoms with Crippen molar-refractivity contribution in [3.8, 4) is 5.75 Å². The molecule has 0 saturated carbocycles. The lowest BCUT2D eigenvalue weighted by molar-refractivity contribution is 0.409. The fourth-order valence-electron chi connectivity index (χ4n) is 1.20. The molecule has 0 spiro atoms. The number of hydrogen-bond donors (Lipinski definition) is 1. The van der Waals surface area contributed by atoms with Crippen LogP contribution in [-0.2, 0) is 0 Å². The zero-order chi connectivity index (χ0) is 10.6. The normalized spacial score (nSPS) is 10.9. The van der Waals surface area contributed by atoms with Crippen molar-refractivity contribution >= 4 is 6.08 Å². The van der Waals surface area contributed by atoms with Crippen LogP contribution in [0.1, 0.15) is 11.1 Å². The first-order chi connectivity index (χ1) is 6.70. The van der Waals surface area contributed by atoms with Crippen LogP contribution in [0.3, 0.4) is 0 Å². The van der Waals surface area contributed by atoms with Crippen LogP contribution >= 0.6 is 0 Å². The number of methoxy groups -OCH3 is 1. The summed E-state index contributed by atoms with van der Waals surface area (Å²) in [7, 11) is 1.52. The highest BCUT2D eigenvalue weighted by Gasteiger charge is 2.08. The molecule has 76 valence electrons. The molecular formula is C11H14FNO. The Morgan fingerprint density at radius 3 is 2.79 bits per heavy atom. The fourth-order valence-corrected chi connectivity index (χ4v) is 1.20. The maximum atomic E-state index is 13.6. The minimum Gasteiger partial charge on any atom is -0.496 e. The first kappa shape index (κ1) is 10.7. The standard InChI is InChI=1S/C11H14FNO/c1-8-5-6-10(14-2)9(11(8)12)4-3-7-13/h3-6H,7,13H2,1-2H3/b4-3+. The van der Waals surface area contributed by atoms with Crippen LogP contribution in [0.25, 0.3) is 6.08 Å². The van der Waals surface area contributed by atoms with Crippen molar-refractivity contribution in [3.63, 3.8) is 0 Å². The van der Waals surface area contributed by atoms with E-state index in [0.717, 1.165) is 0 Å². The van der Waals surface area contributed by atoms with Crippen LogP contribution in [0.2, 0.25) is 0 Å². The van der Waals surface area contributed by atoms with Crippen LogP contribution in [0.5, 0.6) is 5.75 Å². The van der Waals surface area contributed by atoms with Gasteiger partial charge in [-0.3, -0.25) is 0 Å². The largest absolute Gasteiger partial charge is 0.496 e. The second kappa shape index (κ2) is 4.77. The van der Waals surface area contributed by atoms with E-state index in [1.54, 1.807) is 31.2 Å². The van der Waals surface area contributed by atoms with Crippen molar-refractivity contribution in [1.29, 1.82) is 0 Å². The number of halogens is 1. The van der Waals surface area contributed by atoms with Gasteiger partial charge in [-0.1, -0.05) is 18.2 Å². The number of nitrogens with two attached hydrogens (primary N) is 1. The molecule has 2 N–H and O–H groups in total. The Morgan fingerprint density at radius 2 is 2.21 bits per heavy atom. The predicted octanol–water partition coefficient (Wildman–Crippen LogP) is 2.11. The Labute approximate surface area is 83.2 Å². The van der Waals surface area contributed by atoms with Crippen LogP contribution in [0.4, 0.5) is 4.39 Å². The predicted molar refractivity (Wildman–Crippen MR) is 55.8 cm³/mol. The summed E-state index contributed by atoms with van der Waals surface area (Å²) in [5, 5.41) is 0. The fraction of sp³-hybridized carbons (Fsp3) is 0.273. The van der Waals surface area contributed by atoms with Gasteiger partial charge in [-0.2, -0.15) is 0 Å². The first-order valence-electron chi connectivity index (χ1n) is 4.40. The van der Waals surface area contributed by atoms with Crippen LogP contribution < -0.4 is 10.5 Å². The summed E-state index contributed by atoms with van der Waals surface area (Å²) in [6, 6.07) is 3.43. The van der Waals surface area contributed by atoms with Gasteiger partial charge in [-0.25, -0.2) is 4.39 Å². The summed E-state index contributed by atoms with van der Waals surface area (Å²) < 4.78 is 18.6. The van der Waals surface area contributed by atoms with E-state index in [0.29, 0.717) is 23.4 Å².